The van der Waals surface area contributed by atoms with E-state index in [1.807, 2.05) is 59.7 Å². The summed E-state index contributed by atoms with van der Waals surface area (Å²) in [5.41, 5.74) is 0.688. The minimum atomic E-state index is -0.947. The number of nitrogens with zero attached hydrogens (tertiary/aromatic N) is 4. The highest BCUT2D eigenvalue weighted by molar-refractivity contribution is 6.12. The predicted molar refractivity (Wildman–Crippen MR) is 248 cm³/mol. The van der Waals surface area contributed by atoms with Crippen LogP contribution in [-0.2, 0) is 43.0 Å². The summed E-state index contributed by atoms with van der Waals surface area (Å²) < 4.78 is 12.0. The Morgan fingerprint density at radius 1 is 0.831 bits per heavy atom. The number of aliphatic hydroxyl groups excluding tert-OH is 1. The molecule has 16 heteroatoms. The number of benzene rings is 1. The fraction of sp³-hybridized carbons (Fsp3) is 0.694. The van der Waals surface area contributed by atoms with Gasteiger partial charge in [-0.2, -0.15) is 0 Å². The molecule has 65 heavy (non-hydrogen) atoms. The quantitative estimate of drug-likeness (QED) is 0.0894. The number of aliphatic hydroxyl groups is 1. The number of nitrogens with one attached hydrogen (secondary N) is 2. The molecule has 0 radical (unpaired) electrons. The zero-order valence-corrected chi connectivity index (χ0v) is 41.0. The number of amides is 7. The van der Waals surface area contributed by atoms with E-state index in [-0.39, 0.29) is 72.6 Å². The number of rotatable bonds is 26. The Morgan fingerprint density at radius 3 is 2.02 bits per heavy atom. The van der Waals surface area contributed by atoms with Crippen molar-refractivity contribution in [2.45, 2.75) is 155 Å². The highest BCUT2D eigenvalue weighted by Gasteiger charge is 2.43. The standard InChI is InChI=1S/C49H78N6O10/c1-13-32(6)44(37(64-11)29-41(59)54-28-20-23-36(54)46(65-12)33(7)47(61)50-34(8)45(60)35-21-16-14-17-22-35)53(10)49(63)42(30(2)3)51-48(62)43(31(4)5)52(9)38(56)24-18-15-19-27-55-39(57)25-26-40(55)58/h14,16-17,21-22,25-26,30-34,36-37,42-46,60H,13,15,18-20,23-24,27-29H2,1-12H3,(H,50,61)(H,51,62)/t32-,33+,34+,36?,37+,42-,43-,44?,45+,46+/m0/s1. The molecule has 0 spiro atoms. The van der Waals surface area contributed by atoms with Crippen LogP contribution in [0.2, 0.25) is 0 Å². The third-order valence-electron chi connectivity index (χ3n) is 13.4. The molecule has 1 saturated heterocycles. The lowest BCUT2D eigenvalue weighted by molar-refractivity contribution is -0.148. The molecule has 1 aromatic rings. The number of unbranched alkanes of at least 4 members (excludes halogenated alkanes) is 2. The van der Waals surface area contributed by atoms with Crippen LogP contribution in [0.3, 0.4) is 0 Å². The molecule has 2 unspecified atom stereocenters. The van der Waals surface area contributed by atoms with E-state index in [2.05, 4.69) is 10.6 Å². The summed E-state index contributed by atoms with van der Waals surface area (Å²) in [5.74, 6) is -3.55. The maximum absolute atomic E-state index is 14.6. The molecule has 7 amide bonds. The molecule has 2 heterocycles. The molecular weight excluding hydrogens is 833 g/mol. The van der Waals surface area contributed by atoms with Gasteiger partial charge in [-0.25, -0.2) is 0 Å². The number of carbonyl (C=O) groups is 7. The van der Waals surface area contributed by atoms with Crippen molar-refractivity contribution >= 4 is 41.4 Å². The van der Waals surface area contributed by atoms with E-state index in [9.17, 15) is 38.7 Å². The Labute approximate surface area is 387 Å². The molecule has 2 aliphatic heterocycles. The van der Waals surface area contributed by atoms with Gasteiger partial charge < -0.3 is 39.9 Å². The summed E-state index contributed by atoms with van der Waals surface area (Å²) >= 11 is 0. The van der Waals surface area contributed by atoms with Crippen molar-refractivity contribution in [2.75, 3.05) is 41.4 Å². The van der Waals surface area contributed by atoms with Crippen LogP contribution in [0.15, 0.2) is 42.5 Å². The van der Waals surface area contributed by atoms with E-state index in [4.69, 9.17) is 9.47 Å². The molecule has 2 aliphatic rings. The van der Waals surface area contributed by atoms with E-state index in [1.54, 1.807) is 49.9 Å². The fourth-order valence-corrected chi connectivity index (χ4v) is 9.28. The average Bonchev–Trinajstić information content (AvgIpc) is 3.89. The van der Waals surface area contributed by atoms with Gasteiger partial charge in [-0.1, -0.05) is 91.6 Å². The van der Waals surface area contributed by atoms with Gasteiger partial charge in [-0.05, 0) is 55.9 Å². The van der Waals surface area contributed by atoms with E-state index in [0.717, 1.165) is 6.42 Å². The van der Waals surface area contributed by atoms with Crippen molar-refractivity contribution in [3.05, 3.63) is 48.0 Å². The van der Waals surface area contributed by atoms with Crippen LogP contribution in [0.1, 0.15) is 118 Å². The maximum Gasteiger partial charge on any atom is 0.253 e. The molecule has 1 fully saturated rings. The fourth-order valence-electron chi connectivity index (χ4n) is 9.28. The lowest BCUT2D eigenvalue weighted by atomic mass is 9.89. The second-order valence-electron chi connectivity index (χ2n) is 18.6. The molecule has 0 aromatic heterocycles. The molecule has 364 valence electrons. The van der Waals surface area contributed by atoms with Crippen molar-refractivity contribution in [3.8, 4) is 0 Å². The Morgan fingerprint density at radius 2 is 1.46 bits per heavy atom. The van der Waals surface area contributed by atoms with E-state index < -0.39 is 60.3 Å². The van der Waals surface area contributed by atoms with Crippen LogP contribution in [-0.4, -0.2) is 150 Å². The van der Waals surface area contributed by atoms with Gasteiger partial charge in [0.15, 0.2) is 0 Å². The predicted octanol–water partition coefficient (Wildman–Crippen LogP) is 4.25. The van der Waals surface area contributed by atoms with Gasteiger partial charge in [0.2, 0.25) is 29.5 Å². The van der Waals surface area contributed by atoms with Crippen LogP contribution >= 0.6 is 0 Å². The van der Waals surface area contributed by atoms with Crippen LogP contribution in [0.5, 0.6) is 0 Å². The monoisotopic (exact) mass is 911 g/mol. The third-order valence-corrected chi connectivity index (χ3v) is 13.4. The molecule has 0 bridgehead atoms. The number of hydrogen-bond donors (Lipinski definition) is 3. The zero-order valence-electron chi connectivity index (χ0n) is 41.0. The van der Waals surface area contributed by atoms with Gasteiger partial charge in [0.1, 0.15) is 12.1 Å². The number of likely N-dealkylation sites (tertiary alicyclic amines) is 1. The molecule has 10 atom stereocenters. The minimum Gasteiger partial charge on any atom is -0.386 e. The normalized spacial score (nSPS) is 19.3. The highest BCUT2D eigenvalue weighted by atomic mass is 16.5. The first kappa shape index (κ1) is 54.7. The molecule has 3 rings (SSSR count). The van der Waals surface area contributed by atoms with Crippen LogP contribution in [0, 0.1) is 23.7 Å². The summed E-state index contributed by atoms with van der Waals surface area (Å²) in [4.78, 5) is 99.5. The second-order valence-corrected chi connectivity index (χ2v) is 18.6. The Hall–Kier alpha value is -4.67. The number of ether oxygens (including phenoxy) is 2. The Balaban J connectivity index is 1.70. The number of methoxy groups -OCH3 is 2. The van der Waals surface area contributed by atoms with Gasteiger partial charge in [0.05, 0.1) is 48.8 Å². The number of hydrogen-bond acceptors (Lipinski definition) is 10. The van der Waals surface area contributed by atoms with E-state index in [1.165, 1.54) is 36.2 Å². The van der Waals surface area contributed by atoms with Gasteiger partial charge in [0.25, 0.3) is 11.8 Å². The summed E-state index contributed by atoms with van der Waals surface area (Å²) in [5, 5.41) is 16.8. The highest BCUT2D eigenvalue weighted by Crippen LogP contribution is 2.30. The summed E-state index contributed by atoms with van der Waals surface area (Å²) in [7, 11) is 6.32. The summed E-state index contributed by atoms with van der Waals surface area (Å²) in [6.45, 7) is 15.6. The first-order valence-corrected chi connectivity index (χ1v) is 23.5. The summed E-state index contributed by atoms with van der Waals surface area (Å²) in [6, 6.07) is 5.80. The number of carbonyl (C=O) groups excluding carboxylic acids is 7. The maximum atomic E-state index is 14.6. The topological polar surface area (TPSA) is 195 Å². The average molecular weight is 911 g/mol. The molecule has 0 aliphatic carbocycles. The zero-order chi connectivity index (χ0) is 48.7. The smallest absolute Gasteiger partial charge is 0.253 e. The van der Waals surface area contributed by atoms with Gasteiger partial charge in [-0.3, -0.25) is 38.5 Å². The molecule has 16 nitrogen and oxygen atoms in total. The van der Waals surface area contributed by atoms with Crippen LogP contribution < -0.4 is 10.6 Å². The Kier molecular flexibility index (Phi) is 21.8. The lowest BCUT2D eigenvalue weighted by Gasteiger charge is -2.41. The minimum absolute atomic E-state index is 0.0380. The number of likely N-dealkylation sites (N-methyl/N-ethyl adjacent to an activating group) is 2. The Bertz CT molecular complexity index is 1770. The molecule has 3 N–H and O–H groups in total. The van der Waals surface area contributed by atoms with Gasteiger partial charge in [0, 0.05) is 60.0 Å². The first-order valence-electron chi connectivity index (χ1n) is 23.5. The van der Waals surface area contributed by atoms with Crippen molar-refractivity contribution in [1.29, 1.82) is 0 Å². The van der Waals surface area contributed by atoms with Crippen molar-refractivity contribution in [3.63, 3.8) is 0 Å². The third kappa shape index (κ3) is 14.4. The lowest BCUT2D eigenvalue weighted by Crippen LogP contribution is -2.60. The molecule has 1 aromatic carbocycles. The van der Waals surface area contributed by atoms with Crippen molar-refractivity contribution < 1.29 is 48.1 Å². The van der Waals surface area contributed by atoms with Gasteiger partial charge >= 0.3 is 0 Å². The van der Waals surface area contributed by atoms with Crippen LogP contribution in [0.25, 0.3) is 0 Å². The van der Waals surface area contributed by atoms with Crippen molar-refractivity contribution in [1.82, 2.24) is 30.2 Å². The molecule has 0 saturated carbocycles. The van der Waals surface area contributed by atoms with E-state index >= 15 is 0 Å². The largest absolute Gasteiger partial charge is 0.386 e. The van der Waals surface area contributed by atoms with Crippen molar-refractivity contribution in [2.24, 2.45) is 23.7 Å². The first-order chi connectivity index (χ1) is 30.7. The molecular formula is C49H78N6O10. The second kappa shape index (κ2) is 25.9. The van der Waals surface area contributed by atoms with Gasteiger partial charge in [-0.15, -0.1) is 0 Å². The number of imide groups is 1. The SMILES string of the molecule is CC[C@H](C)C([C@@H](CC(=O)N1CCCC1[C@H](OC)[C@@H](C)C(=O)N[C@H](C)[C@@H](O)c1ccccc1)OC)N(C)C(=O)[C@@H](NC(=O)[C@H](C(C)C)N(C)C(=O)CCCCCN1C(=O)C=CC1=O)C(C)C. The summed E-state index contributed by atoms with van der Waals surface area (Å²) in [6.07, 6.45) is 4.09. The van der Waals surface area contributed by atoms with Crippen LogP contribution in [0.4, 0.5) is 0 Å². The van der Waals surface area contributed by atoms with E-state index in [0.29, 0.717) is 44.2 Å².